The van der Waals surface area contributed by atoms with Crippen molar-refractivity contribution in [3.05, 3.63) is 29.3 Å². The number of carbonyl (C=O) groups is 1. The van der Waals surface area contributed by atoms with Crippen LogP contribution in [0, 0.1) is 0 Å². The fourth-order valence-electron chi connectivity index (χ4n) is 4.19. The third kappa shape index (κ3) is 4.21. The second-order valence-corrected chi connectivity index (χ2v) is 8.56. The summed E-state index contributed by atoms with van der Waals surface area (Å²) in [5.74, 6) is 0.672. The van der Waals surface area contributed by atoms with Crippen molar-refractivity contribution in [2.45, 2.75) is 56.9 Å². The summed E-state index contributed by atoms with van der Waals surface area (Å²) in [6.07, 6.45) is 8.48. The van der Waals surface area contributed by atoms with Crippen molar-refractivity contribution >= 4 is 27.5 Å². The molecule has 1 amide bonds. The number of para-hydroxylation sites is 1. The number of amides is 1. The van der Waals surface area contributed by atoms with Gasteiger partial charge in [0.15, 0.2) is 0 Å². The molecule has 25 heavy (non-hydrogen) atoms. The minimum absolute atomic E-state index is 0.205. The van der Waals surface area contributed by atoms with Gasteiger partial charge in [-0.1, -0.05) is 31.4 Å². The number of nitrogens with zero attached hydrogens (tertiary/aromatic N) is 2. The molecule has 2 aromatic rings. The zero-order valence-corrected chi connectivity index (χ0v) is 15.6. The Morgan fingerprint density at radius 1 is 1.16 bits per heavy atom. The maximum atomic E-state index is 12.4. The molecule has 4 rings (SSSR count). The van der Waals surface area contributed by atoms with Gasteiger partial charge < -0.3 is 5.32 Å². The predicted octanol–water partition coefficient (Wildman–Crippen LogP) is 3.92. The summed E-state index contributed by atoms with van der Waals surface area (Å²) in [5.41, 5.74) is 1.11. The summed E-state index contributed by atoms with van der Waals surface area (Å²) in [4.78, 5) is 19.6. The molecule has 1 saturated carbocycles. The summed E-state index contributed by atoms with van der Waals surface area (Å²) in [5, 5.41) is 4.48. The highest BCUT2D eigenvalue weighted by Crippen LogP contribution is 2.32. The van der Waals surface area contributed by atoms with Crippen LogP contribution in [0.25, 0.3) is 10.2 Å². The van der Waals surface area contributed by atoms with Crippen molar-refractivity contribution in [1.82, 2.24) is 15.2 Å². The van der Waals surface area contributed by atoms with Gasteiger partial charge >= 0.3 is 0 Å². The maximum absolute atomic E-state index is 12.4. The van der Waals surface area contributed by atoms with E-state index in [4.69, 9.17) is 4.98 Å². The van der Waals surface area contributed by atoms with Gasteiger partial charge in [0.2, 0.25) is 5.91 Å². The first kappa shape index (κ1) is 17.0. The first-order valence-electron chi connectivity index (χ1n) is 9.65. The Kier molecular flexibility index (Phi) is 5.32. The Morgan fingerprint density at radius 2 is 2.00 bits per heavy atom. The highest BCUT2D eigenvalue weighted by Gasteiger charge is 2.26. The van der Waals surface area contributed by atoms with E-state index in [-0.39, 0.29) is 5.91 Å². The van der Waals surface area contributed by atoms with E-state index in [1.165, 1.54) is 35.4 Å². The Morgan fingerprint density at radius 3 is 2.84 bits per heavy atom. The number of fused-ring (bicyclic) bond motifs is 1. The second kappa shape index (κ2) is 7.83. The summed E-state index contributed by atoms with van der Waals surface area (Å²) < 4.78 is 1.27. The van der Waals surface area contributed by atoms with E-state index >= 15 is 0 Å². The molecule has 2 fully saturated rings. The second-order valence-electron chi connectivity index (χ2n) is 7.50. The van der Waals surface area contributed by atoms with Crippen LogP contribution in [0.3, 0.4) is 0 Å². The average molecular weight is 358 g/mol. The number of benzene rings is 1. The number of hydrogen-bond acceptors (Lipinski definition) is 4. The molecule has 134 valence electrons. The number of likely N-dealkylation sites (tertiary alicyclic amines) is 1. The number of nitrogens with one attached hydrogen (secondary N) is 1. The average Bonchev–Trinajstić information content (AvgIpc) is 3.07. The highest BCUT2D eigenvalue weighted by molar-refractivity contribution is 7.18. The lowest BCUT2D eigenvalue weighted by Gasteiger charge is -2.32. The molecule has 0 radical (unpaired) electrons. The number of thiazole rings is 1. The van der Waals surface area contributed by atoms with Crippen LogP contribution in [0.5, 0.6) is 0 Å². The minimum atomic E-state index is 0.205. The van der Waals surface area contributed by atoms with Gasteiger partial charge in [0.05, 0.1) is 21.8 Å². The number of rotatable bonds is 4. The van der Waals surface area contributed by atoms with Gasteiger partial charge in [0.1, 0.15) is 0 Å². The van der Waals surface area contributed by atoms with Gasteiger partial charge in [-0.2, -0.15) is 0 Å². The van der Waals surface area contributed by atoms with Gasteiger partial charge in [0, 0.05) is 18.5 Å². The third-order valence-corrected chi connectivity index (χ3v) is 6.70. The van der Waals surface area contributed by atoms with E-state index in [9.17, 15) is 4.79 Å². The molecule has 2 aliphatic rings. The van der Waals surface area contributed by atoms with Crippen LogP contribution in [-0.2, 0) is 4.79 Å². The van der Waals surface area contributed by atoms with Gasteiger partial charge in [-0.25, -0.2) is 4.98 Å². The monoisotopic (exact) mass is 357 g/mol. The summed E-state index contributed by atoms with van der Waals surface area (Å²) in [6.45, 7) is 2.52. The fourth-order valence-corrected chi connectivity index (χ4v) is 5.28. The third-order valence-electron chi connectivity index (χ3n) is 5.50. The van der Waals surface area contributed by atoms with E-state index in [1.54, 1.807) is 0 Å². The summed E-state index contributed by atoms with van der Waals surface area (Å²) >= 11 is 1.81. The largest absolute Gasteiger partial charge is 0.352 e. The first-order chi connectivity index (χ1) is 12.3. The molecule has 0 unspecified atom stereocenters. The maximum Gasteiger partial charge on any atom is 0.234 e. The lowest BCUT2D eigenvalue weighted by molar-refractivity contribution is -0.123. The molecule has 1 aromatic heterocycles. The van der Waals surface area contributed by atoms with Crippen LogP contribution < -0.4 is 5.32 Å². The molecule has 0 bridgehead atoms. The van der Waals surface area contributed by atoms with Crippen LogP contribution >= 0.6 is 11.3 Å². The molecule has 1 aromatic carbocycles. The van der Waals surface area contributed by atoms with Crippen molar-refractivity contribution in [2.75, 3.05) is 19.6 Å². The van der Waals surface area contributed by atoms with Crippen LogP contribution in [0.1, 0.15) is 55.9 Å². The van der Waals surface area contributed by atoms with Gasteiger partial charge in [-0.3, -0.25) is 9.69 Å². The van der Waals surface area contributed by atoms with Gasteiger partial charge in [0.25, 0.3) is 0 Å². The summed E-state index contributed by atoms with van der Waals surface area (Å²) in [6, 6.07) is 8.77. The van der Waals surface area contributed by atoms with Crippen LogP contribution in [0.2, 0.25) is 0 Å². The number of aromatic nitrogens is 1. The molecule has 1 aliphatic carbocycles. The Bertz CT molecular complexity index is 690. The zero-order chi connectivity index (χ0) is 17.1. The number of piperidine rings is 1. The number of hydrogen-bond donors (Lipinski definition) is 1. The van der Waals surface area contributed by atoms with Crippen molar-refractivity contribution in [2.24, 2.45) is 0 Å². The molecule has 1 N–H and O–H groups in total. The standard InChI is InChI=1S/C20H27N3OS/c24-19(21-16-8-2-1-3-9-16)14-23-12-6-7-15(13-23)20-22-17-10-4-5-11-18(17)25-20/h4-5,10-11,15-16H,1-3,6-9,12-14H2,(H,21,24)/t15-/m1/s1. The van der Waals surface area contributed by atoms with Crippen LogP contribution in [0.4, 0.5) is 0 Å². The molecule has 1 atom stereocenters. The Hall–Kier alpha value is -1.46. The molecule has 0 spiro atoms. The van der Waals surface area contributed by atoms with Crippen LogP contribution in [-0.4, -0.2) is 41.5 Å². The van der Waals surface area contributed by atoms with Crippen molar-refractivity contribution in [1.29, 1.82) is 0 Å². The lowest BCUT2D eigenvalue weighted by Crippen LogP contribution is -2.45. The van der Waals surface area contributed by atoms with E-state index in [2.05, 4.69) is 34.5 Å². The summed E-state index contributed by atoms with van der Waals surface area (Å²) in [7, 11) is 0. The topological polar surface area (TPSA) is 45.2 Å². The van der Waals surface area contributed by atoms with E-state index in [0.717, 1.165) is 37.9 Å². The first-order valence-corrected chi connectivity index (χ1v) is 10.5. The lowest BCUT2D eigenvalue weighted by atomic mass is 9.95. The molecule has 2 heterocycles. The van der Waals surface area contributed by atoms with E-state index in [0.29, 0.717) is 18.5 Å². The van der Waals surface area contributed by atoms with Crippen molar-refractivity contribution in [3.8, 4) is 0 Å². The van der Waals surface area contributed by atoms with E-state index in [1.807, 2.05) is 11.3 Å². The molecule has 1 saturated heterocycles. The molecular formula is C20H27N3OS. The molecule has 5 heteroatoms. The smallest absolute Gasteiger partial charge is 0.234 e. The fraction of sp³-hybridized carbons (Fsp3) is 0.600. The van der Waals surface area contributed by atoms with Crippen molar-refractivity contribution in [3.63, 3.8) is 0 Å². The van der Waals surface area contributed by atoms with E-state index < -0.39 is 0 Å². The normalized spacial score (nSPS) is 23.0. The highest BCUT2D eigenvalue weighted by atomic mass is 32.1. The molecular weight excluding hydrogens is 330 g/mol. The zero-order valence-electron chi connectivity index (χ0n) is 14.7. The SMILES string of the molecule is O=C(CN1CCC[C@@H](c2nc3ccccc3s2)C1)NC1CCCCC1. The predicted molar refractivity (Wildman–Crippen MR) is 103 cm³/mol. The van der Waals surface area contributed by atoms with Crippen molar-refractivity contribution < 1.29 is 4.79 Å². The van der Waals surface area contributed by atoms with Gasteiger partial charge in [-0.15, -0.1) is 11.3 Å². The molecule has 1 aliphatic heterocycles. The minimum Gasteiger partial charge on any atom is -0.352 e. The molecule has 4 nitrogen and oxygen atoms in total. The number of carbonyl (C=O) groups excluding carboxylic acids is 1. The quantitative estimate of drug-likeness (QED) is 0.902. The Balaban J connectivity index is 1.34. The Labute approximate surface area is 153 Å². The van der Waals surface area contributed by atoms with Crippen LogP contribution in [0.15, 0.2) is 24.3 Å². The van der Waals surface area contributed by atoms with Gasteiger partial charge in [-0.05, 0) is 44.4 Å².